The molecule has 0 aliphatic carbocycles. The molecule has 6 rings (SSSR count). The summed E-state index contributed by atoms with van der Waals surface area (Å²) in [6.07, 6.45) is 16.8. The summed E-state index contributed by atoms with van der Waals surface area (Å²) in [5.41, 5.74) is 1.92. The van der Waals surface area contributed by atoms with Crippen LogP contribution in [-0.4, -0.2) is 36.8 Å². The zero-order valence-electron chi connectivity index (χ0n) is 30.6. The van der Waals surface area contributed by atoms with Crippen molar-refractivity contribution >= 4 is 45.8 Å². The van der Waals surface area contributed by atoms with Gasteiger partial charge in [-0.3, -0.25) is 19.2 Å². The monoisotopic (exact) mass is 702 g/mol. The van der Waals surface area contributed by atoms with Crippen LogP contribution in [-0.2, 0) is 0 Å². The third-order valence-electron chi connectivity index (χ3n) is 10.1. The molecule has 2 aliphatic rings. The predicted molar refractivity (Wildman–Crippen MR) is 206 cm³/mol. The number of hydrogen-bond donors (Lipinski definition) is 0. The molecule has 4 aromatic carbocycles. The van der Waals surface area contributed by atoms with E-state index >= 15 is 0 Å². The number of benzene rings is 4. The third kappa shape index (κ3) is 7.91. The van der Waals surface area contributed by atoms with Crippen LogP contribution in [0.3, 0.4) is 0 Å². The van der Waals surface area contributed by atoms with Gasteiger partial charge in [-0.2, -0.15) is 0 Å². The molecule has 0 saturated heterocycles. The molecule has 0 atom stereocenters. The Morgan fingerprint density at radius 2 is 0.673 bits per heavy atom. The van der Waals surface area contributed by atoms with E-state index in [2.05, 4.69) is 13.8 Å². The van der Waals surface area contributed by atoms with Crippen molar-refractivity contribution in [3.05, 3.63) is 95.1 Å². The van der Waals surface area contributed by atoms with Gasteiger partial charge < -0.3 is 9.47 Å². The van der Waals surface area contributed by atoms with E-state index in [9.17, 15) is 19.2 Å². The first-order chi connectivity index (χ1) is 25.4. The number of anilines is 2. The highest BCUT2D eigenvalue weighted by atomic mass is 16.5. The highest BCUT2D eigenvalue weighted by Gasteiger charge is 2.40. The molecule has 0 saturated carbocycles. The van der Waals surface area contributed by atoms with E-state index in [1.807, 2.05) is 0 Å². The Bertz CT molecular complexity index is 1690. The molecule has 272 valence electrons. The Morgan fingerprint density at radius 3 is 0.981 bits per heavy atom. The number of imide groups is 2. The molecule has 0 N–H and O–H groups in total. The minimum absolute atomic E-state index is 0.269. The smallest absolute Gasteiger partial charge is 0.265 e. The molecular weight excluding hydrogens is 652 g/mol. The van der Waals surface area contributed by atoms with E-state index in [0.717, 1.165) is 35.5 Å². The van der Waals surface area contributed by atoms with Crippen molar-refractivity contribution in [2.75, 3.05) is 23.0 Å². The Morgan fingerprint density at radius 1 is 0.385 bits per heavy atom. The van der Waals surface area contributed by atoms with Gasteiger partial charge in [0.25, 0.3) is 23.6 Å². The second-order valence-corrected chi connectivity index (χ2v) is 13.9. The van der Waals surface area contributed by atoms with Crippen LogP contribution in [0.1, 0.15) is 145 Å². The molecule has 2 heterocycles. The topological polar surface area (TPSA) is 93.2 Å². The van der Waals surface area contributed by atoms with E-state index < -0.39 is 23.6 Å². The zero-order valence-corrected chi connectivity index (χ0v) is 30.6. The van der Waals surface area contributed by atoms with Crippen LogP contribution in [0.25, 0.3) is 10.8 Å². The third-order valence-corrected chi connectivity index (χ3v) is 10.1. The van der Waals surface area contributed by atoms with Crippen molar-refractivity contribution in [2.24, 2.45) is 0 Å². The summed E-state index contributed by atoms with van der Waals surface area (Å²) in [7, 11) is 0. The molecular formula is C44H50N2O6. The summed E-state index contributed by atoms with van der Waals surface area (Å²) in [6, 6.07) is 20.3. The standard InChI is InChI=1S/C44H50N2O6/c1-3-5-7-9-11-13-15-29-51-33-21-17-31(18-22-33)45-41(47)35-25-27-37-40-38(28-26-36(39(35)40)42(45)48)44(50)46(43(37)49)32-19-23-34(24-20-32)52-30-16-14-12-10-8-6-4-2/h17-28H,3-16,29-30H2,1-2H3. The van der Waals surface area contributed by atoms with Crippen molar-refractivity contribution in [1.82, 2.24) is 0 Å². The van der Waals surface area contributed by atoms with Gasteiger partial charge in [0.05, 0.1) is 24.6 Å². The molecule has 52 heavy (non-hydrogen) atoms. The minimum atomic E-state index is -0.507. The maximum atomic E-state index is 13.9. The quantitative estimate of drug-likeness (QED) is 0.0672. The highest BCUT2D eigenvalue weighted by Crippen LogP contribution is 2.40. The van der Waals surface area contributed by atoms with Crippen LogP contribution in [0, 0.1) is 0 Å². The van der Waals surface area contributed by atoms with Crippen molar-refractivity contribution in [3.63, 3.8) is 0 Å². The van der Waals surface area contributed by atoms with E-state index in [0.29, 0.717) is 46.9 Å². The summed E-state index contributed by atoms with van der Waals surface area (Å²) in [6.45, 7) is 5.66. The van der Waals surface area contributed by atoms with E-state index in [1.165, 1.54) is 64.2 Å². The maximum absolute atomic E-state index is 13.9. The summed E-state index contributed by atoms with van der Waals surface area (Å²) in [5.74, 6) is -0.671. The van der Waals surface area contributed by atoms with Crippen LogP contribution < -0.4 is 19.3 Å². The molecule has 2 aliphatic heterocycles. The Labute approximate surface area is 307 Å². The summed E-state index contributed by atoms with van der Waals surface area (Å²) in [4.78, 5) is 57.9. The van der Waals surface area contributed by atoms with Gasteiger partial charge in [-0.25, -0.2) is 9.80 Å². The molecule has 0 aromatic heterocycles. The SMILES string of the molecule is CCCCCCCCCOc1ccc(N2C(=O)c3ccc4c5c(ccc(c35)C2=O)C(=O)N(c2ccc(OCCCCCCCCC)cc2)C4=O)cc1. The fourth-order valence-corrected chi connectivity index (χ4v) is 7.22. The fourth-order valence-electron chi connectivity index (χ4n) is 7.22. The molecule has 8 heteroatoms. The summed E-state index contributed by atoms with van der Waals surface area (Å²) < 4.78 is 11.8. The maximum Gasteiger partial charge on any atom is 0.265 e. The summed E-state index contributed by atoms with van der Waals surface area (Å²) >= 11 is 0. The fraction of sp³-hybridized carbons (Fsp3) is 0.409. The number of carbonyl (C=O) groups is 4. The van der Waals surface area contributed by atoms with Crippen molar-refractivity contribution in [2.45, 2.75) is 104 Å². The van der Waals surface area contributed by atoms with Crippen molar-refractivity contribution in [3.8, 4) is 11.5 Å². The molecule has 0 fully saturated rings. The van der Waals surface area contributed by atoms with Gasteiger partial charge in [0.15, 0.2) is 0 Å². The molecule has 8 nitrogen and oxygen atoms in total. The molecule has 0 spiro atoms. The van der Waals surface area contributed by atoms with Crippen LogP contribution >= 0.6 is 0 Å². The number of unbranched alkanes of at least 4 members (excludes halogenated alkanes) is 12. The number of rotatable bonds is 20. The molecule has 0 unspecified atom stereocenters. The van der Waals surface area contributed by atoms with Gasteiger partial charge in [-0.15, -0.1) is 0 Å². The largest absolute Gasteiger partial charge is 0.494 e. The molecule has 0 radical (unpaired) electrons. The van der Waals surface area contributed by atoms with Gasteiger partial charge in [-0.1, -0.05) is 90.9 Å². The van der Waals surface area contributed by atoms with Crippen molar-refractivity contribution < 1.29 is 28.7 Å². The van der Waals surface area contributed by atoms with Gasteiger partial charge in [0, 0.05) is 33.0 Å². The summed E-state index contributed by atoms with van der Waals surface area (Å²) in [5, 5.41) is 0.678. The second-order valence-electron chi connectivity index (χ2n) is 13.9. The lowest BCUT2D eigenvalue weighted by atomic mass is 9.85. The molecule has 0 bridgehead atoms. The average molecular weight is 703 g/mol. The number of nitrogens with zero attached hydrogens (tertiary/aromatic N) is 2. The number of amides is 4. The van der Waals surface area contributed by atoms with Gasteiger partial charge >= 0.3 is 0 Å². The highest BCUT2D eigenvalue weighted by molar-refractivity contribution is 6.42. The first-order valence-corrected chi connectivity index (χ1v) is 19.3. The van der Waals surface area contributed by atoms with Gasteiger partial charge in [0.1, 0.15) is 11.5 Å². The molecule has 4 amide bonds. The average Bonchev–Trinajstić information content (AvgIpc) is 3.16. The molecule has 4 aromatic rings. The Balaban J connectivity index is 1.12. The van der Waals surface area contributed by atoms with E-state index in [-0.39, 0.29) is 22.3 Å². The second kappa shape index (κ2) is 17.5. The lowest BCUT2D eigenvalue weighted by Crippen LogP contribution is -2.43. The van der Waals surface area contributed by atoms with E-state index in [1.54, 1.807) is 72.8 Å². The first kappa shape index (κ1) is 36.8. The van der Waals surface area contributed by atoms with Crippen LogP contribution in [0.2, 0.25) is 0 Å². The zero-order chi connectivity index (χ0) is 36.5. The van der Waals surface area contributed by atoms with Crippen molar-refractivity contribution in [1.29, 1.82) is 0 Å². The van der Waals surface area contributed by atoms with Crippen LogP contribution in [0.5, 0.6) is 11.5 Å². The van der Waals surface area contributed by atoms with E-state index in [4.69, 9.17) is 9.47 Å². The first-order valence-electron chi connectivity index (χ1n) is 19.3. The lowest BCUT2D eigenvalue weighted by molar-refractivity contribution is 0.0873. The number of hydrogen-bond acceptors (Lipinski definition) is 6. The van der Waals surface area contributed by atoms with Crippen LogP contribution in [0.15, 0.2) is 72.8 Å². The number of ether oxygens (including phenoxy) is 2. The normalized spacial score (nSPS) is 13.7. The lowest BCUT2D eigenvalue weighted by Gasteiger charge is -2.32. The van der Waals surface area contributed by atoms with Gasteiger partial charge in [0.2, 0.25) is 0 Å². The Kier molecular flexibility index (Phi) is 12.4. The van der Waals surface area contributed by atoms with Gasteiger partial charge in [-0.05, 0) is 85.6 Å². The Hall–Kier alpha value is -4.98. The number of carbonyl (C=O) groups excluding carboxylic acids is 4. The van der Waals surface area contributed by atoms with Crippen LogP contribution in [0.4, 0.5) is 11.4 Å². The minimum Gasteiger partial charge on any atom is -0.494 e. The predicted octanol–water partition coefficient (Wildman–Crippen LogP) is 10.7.